The molecule has 124 valence electrons. The van der Waals surface area contributed by atoms with E-state index in [0.29, 0.717) is 25.4 Å². The average molecular weight is 317 g/mol. The van der Waals surface area contributed by atoms with Crippen LogP contribution in [0.15, 0.2) is 18.5 Å². The first-order chi connectivity index (χ1) is 11.1. The molecule has 3 rings (SSSR count). The Balaban J connectivity index is 1.72. The van der Waals surface area contributed by atoms with Gasteiger partial charge in [0.25, 0.3) is 0 Å². The van der Waals surface area contributed by atoms with Crippen LogP contribution in [0.5, 0.6) is 0 Å². The van der Waals surface area contributed by atoms with Gasteiger partial charge in [-0.25, -0.2) is 14.5 Å². The number of carbonyl (C=O) groups is 1. The van der Waals surface area contributed by atoms with Crippen LogP contribution in [0.2, 0.25) is 0 Å². The number of fused-ring (bicyclic) bond motifs is 1. The third-order valence-corrected chi connectivity index (χ3v) is 4.06. The van der Waals surface area contributed by atoms with Crippen molar-refractivity contribution in [3.63, 3.8) is 0 Å². The standard InChI is InChI=1S/C16H23N5O2/c1-4-14-10-20(5-6-23-14)16(22)19-13-7-12-8-18-21(11(2)3)15(12)17-9-13/h7-9,11,14H,4-6,10H2,1-3H3,(H,19,22)/t14-/m0/s1. The first kappa shape index (κ1) is 15.7. The van der Waals surface area contributed by atoms with Crippen molar-refractivity contribution in [3.05, 3.63) is 18.5 Å². The number of urea groups is 1. The maximum Gasteiger partial charge on any atom is 0.322 e. The van der Waals surface area contributed by atoms with Crippen molar-refractivity contribution < 1.29 is 9.53 Å². The molecule has 1 saturated heterocycles. The van der Waals surface area contributed by atoms with Crippen LogP contribution in [0.1, 0.15) is 33.2 Å². The molecule has 3 heterocycles. The summed E-state index contributed by atoms with van der Waals surface area (Å²) in [6.07, 6.45) is 4.49. The third kappa shape index (κ3) is 3.29. The maximum atomic E-state index is 12.4. The molecule has 0 aliphatic carbocycles. The van der Waals surface area contributed by atoms with Crippen molar-refractivity contribution in [2.45, 2.75) is 39.3 Å². The van der Waals surface area contributed by atoms with Crippen LogP contribution in [-0.2, 0) is 4.74 Å². The average Bonchev–Trinajstić information content (AvgIpc) is 2.98. The quantitative estimate of drug-likeness (QED) is 0.944. The zero-order valence-corrected chi connectivity index (χ0v) is 13.8. The molecule has 0 radical (unpaired) electrons. The molecule has 23 heavy (non-hydrogen) atoms. The van der Waals surface area contributed by atoms with Gasteiger partial charge in [-0.1, -0.05) is 6.92 Å². The highest BCUT2D eigenvalue weighted by molar-refractivity contribution is 5.91. The number of pyridine rings is 1. The molecule has 2 amide bonds. The summed E-state index contributed by atoms with van der Waals surface area (Å²) in [4.78, 5) is 18.6. The second-order valence-corrected chi connectivity index (χ2v) is 6.10. The lowest BCUT2D eigenvalue weighted by molar-refractivity contribution is -0.0134. The van der Waals surface area contributed by atoms with Crippen LogP contribution in [0.4, 0.5) is 10.5 Å². The van der Waals surface area contributed by atoms with Crippen molar-refractivity contribution >= 4 is 22.8 Å². The molecule has 0 aromatic carbocycles. The molecule has 1 aliphatic rings. The van der Waals surface area contributed by atoms with Gasteiger partial charge in [0.15, 0.2) is 5.65 Å². The summed E-state index contributed by atoms with van der Waals surface area (Å²) in [5.74, 6) is 0. The van der Waals surface area contributed by atoms with E-state index in [9.17, 15) is 4.79 Å². The predicted octanol–water partition coefficient (Wildman–Crippen LogP) is 2.65. The van der Waals surface area contributed by atoms with Gasteiger partial charge >= 0.3 is 6.03 Å². The van der Waals surface area contributed by atoms with Gasteiger partial charge in [0, 0.05) is 24.5 Å². The van der Waals surface area contributed by atoms with Gasteiger partial charge < -0.3 is 15.0 Å². The molecule has 2 aromatic rings. The number of nitrogens with one attached hydrogen (secondary N) is 1. The summed E-state index contributed by atoms with van der Waals surface area (Å²) in [6.45, 7) is 8.02. The fraction of sp³-hybridized carbons (Fsp3) is 0.562. The fourth-order valence-electron chi connectivity index (χ4n) is 2.74. The van der Waals surface area contributed by atoms with E-state index in [0.717, 1.165) is 17.5 Å². The molecular weight excluding hydrogens is 294 g/mol. The number of carbonyl (C=O) groups excluding carboxylic acids is 1. The highest BCUT2D eigenvalue weighted by Gasteiger charge is 2.23. The molecule has 7 nitrogen and oxygen atoms in total. The van der Waals surface area contributed by atoms with E-state index in [-0.39, 0.29) is 18.2 Å². The Bertz CT molecular complexity index is 697. The predicted molar refractivity (Wildman–Crippen MR) is 88.5 cm³/mol. The molecule has 0 unspecified atom stereocenters. The Morgan fingerprint density at radius 2 is 2.30 bits per heavy atom. The van der Waals surface area contributed by atoms with Gasteiger partial charge in [0.05, 0.1) is 30.8 Å². The topological polar surface area (TPSA) is 72.3 Å². The zero-order valence-electron chi connectivity index (χ0n) is 13.8. The molecule has 2 aromatic heterocycles. The van der Waals surface area contributed by atoms with Crippen LogP contribution in [-0.4, -0.2) is 51.5 Å². The molecule has 0 spiro atoms. The van der Waals surface area contributed by atoms with Crippen molar-refractivity contribution in [1.82, 2.24) is 19.7 Å². The Kier molecular flexibility index (Phi) is 4.47. The smallest absolute Gasteiger partial charge is 0.322 e. The first-order valence-electron chi connectivity index (χ1n) is 8.09. The van der Waals surface area contributed by atoms with E-state index in [2.05, 4.69) is 36.2 Å². The fourth-order valence-corrected chi connectivity index (χ4v) is 2.74. The second kappa shape index (κ2) is 6.54. The number of morpholine rings is 1. The van der Waals surface area contributed by atoms with Gasteiger partial charge in [-0.3, -0.25) is 0 Å². The zero-order chi connectivity index (χ0) is 16.4. The van der Waals surface area contributed by atoms with E-state index in [1.165, 1.54) is 0 Å². The van der Waals surface area contributed by atoms with E-state index in [1.54, 1.807) is 17.3 Å². The molecule has 1 N–H and O–H groups in total. The van der Waals surface area contributed by atoms with Gasteiger partial charge in [-0.2, -0.15) is 5.10 Å². The minimum Gasteiger partial charge on any atom is -0.375 e. The van der Waals surface area contributed by atoms with Crippen molar-refractivity contribution in [1.29, 1.82) is 0 Å². The van der Waals surface area contributed by atoms with Crippen molar-refractivity contribution in [2.24, 2.45) is 0 Å². The largest absolute Gasteiger partial charge is 0.375 e. The lowest BCUT2D eigenvalue weighted by Gasteiger charge is -2.32. The van der Waals surface area contributed by atoms with Gasteiger partial charge in [0.2, 0.25) is 0 Å². The Morgan fingerprint density at radius 3 is 3.04 bits per heavy atom. The monoisotopic (exact) mass is 317 g/mol. The summed E-state index contributed by atoms with van der Waals surface area (Å²) in [7, 11) is 0. The number of amides is 2. The minimum absolute atomic E-state index is 0.107. The molecular formula is C16H23N5O2. The molecule has 1 aliphatic heterocycles. The van der Waals surface area contributed by atoms with E-state index >= 15 is 0 Å². The molecule has 7 heteroatoms. The SMILES string of the molecule is CC[C@H]1CN(C(=O)Nc2cnc3c(cnn3C(C)C)c2)CCO1. The Labute approximate surface area is 135 Å². The summed E-state index contributed by atoms with van der Waals surface area (Å²) in [5.41, 5.74) is 1.51. The van der Waals surface area contributed by atoms with Crippen molar-refractivity contribution in [3.8, 4) is 0 Å². The number of nitrogens with zero attached hydrogens (tertiary/aromatic N) is 4. The van der Waals surface area contributed by atoms with Gasteiger partial charge in [-0.15, -0.1) is 0 Å². The summed E-state index contributed by atoms with van der Waals surface area (Å²) in [6, 6.07) is 2.05. The highest BCUT2D eigenvalue weighted by Crippen LogP contribution is 2.19. The van der Waals surface area contributed by atoms with Crippen molar-refractivity contribution in [2.75, 3.05) is 25.0 Å². The summed E-state index contributed by atoms with van der Waals surface area (Å²) < 4.78 is 7.47. The third-order valence-electron chi connectivity index (χ3n) is 4.06. The molecule has 0 bridgehead atoms. The van der Waals surface area contributed by atoms with E-state index < -0.39 is 0 Å². The van der Waals surface area contributed by atoms with Crippen LogP contribution >= 0.6 is 0 Å². The minimum atomic E-state index is -0.107. The summed E-state index contributed by atoms with van der Waals surface area (Å²) in [5, 5.41) is 8.18. The lowest BCUT2D eigenvalue weighted by Crippen LogP contribution is -2.47. The van der Waals surface area contributed by atoms with Gasteiger partial charge in [0.1, 0.15) is 0 Å². The number of hydrogen-bond acceptors (Lipinski definition) is 4. The number of anilines is 1. The van der Waals surface area contributed by atoms with Gasteiger partial charge in [-0.05, 0) is 26.3 Å². The van der Waals surface area contributed by atoms with E-state index in [1.807, 2.05) is 10.7 Å². The van der Waals surface area contributed by atoms with E-state index in [4.69, 9.17) is 4.74 Å². The molecule has 0 saturated carbocycles. The molecule has 1 atom stereocenters. The highest BCUT2D eigenvalue weighted by atomic mass is 16.5. The Morgan fingerprint density at radius 1 is 1.48 bits per heavy atom. The number of aromatic nitrogens is 3. The maximum absolute atomic E-state index is 12.4. The Hall–Kier alpha value is -2.15. The first-order valence-corrected chi connectivity index (χ1v) is 8.09. The second-order valence-electron chi connectivity index (χ2n) is 6.10. The van der Waals surface area contributed by atoms with Crippen LogP contribution in [0.25, 0.3) is 11.0 Å². The summed E-state index contributed by atoms with van der Waals surface area (Å²) >= 11 is 0. The normalized spacial score (nSPS) is 18.6. The number of ether oxygens (including phenoxy) is 1. The van der Waals surface area contributed by atoms with Crippen LogP contribution < -0.4 is 5.32 Å². The number of hydrogen-bond donors (Lipinski definition) is 1. The molecule has 1 fully saturated rings. The lowest BCUT2D eigenvalue weighted by atomic mass is 10.2. The van der Waals surface area contributed by atoms with Crippen LogP contribution in [0.3, 0.4) is 0 Å². The number of rotatable bonds is 3. The van der Waals surface area contributed by atoms with Crippen LogP contribution in [0, 0.1) is 0 Å².